The molecule has 2 aromatic rings. The summed E-state index contributed by atoms with van der Waals surface area (Å²) in [5.74, 6) is 1.50. The van der Waals surface area contributed by atoms with Gasteiger partial charge in [-0.2, -0.15) is 0 Å². The number of nitrogens with one attached hydrogen (secondary N) is 1. The molecule has 0 aliphatic carbocycles. The zero-order valence-electron chi connectivity index (χ0n) is 16.2. The predicted molar refractivity (Wildman–Crippen MR) is 105 cm³/mol. The molecule has 0 fully saturated rings. The quantitative estimate of drug-likeness (QED) is 0.829. The maximum atomic E-state index is 12.7. The van der Waals surface area contributed by atoms with Gasteiger partial charge < -0.3 is 19.5 Å². The number of rotatable bonds is 6. The lowest BCUT2D eigenvalue weighted by molar-refractivity contribution is -0.124. The molecular formula is C21H24N2O5. The van der Waals surface area contributed by atoms with Crippen LogP contribution in [0.4, 0.5) is 5.69 Å². The van der Waals surface area contributed by atoms with Crippen molar-refractivity contribution < 1.29 is 23.8 Å². The summed E-state index contributed by atoms with van der Waals surface area (Å²) in [6.45, 7) is 2.07. The van der Waals surface area contributed by atoms with E-state index in [-0.39, 0.29) is 30.8 Å². The molecule has 1 aliphatic heterocycles. The van der Waals surface area contributed by atoms with Crippen molar-refractivity contribution in [2.45, 2.75) is 19.4 Å². The normalized spacial score (nSPS) is 14.4. The van der Waals surface area contributed by atoms with Gasteiger partial charge in [0.25, 0.3) is 0 Å². The Morgan fingerprint density at radius 1 is 1.21 bits per heavy atom. The van der Waals surface area contributed by atoms with Crippen molar-refractivity contribution in [2.24, 2.45) is 0 Å². The third kappa shape index (κ3) is 4.19. The number of anilines is 1. The molecule has 0 radical (unpaired) electrons. The molecule has 1 aliphatic rings. The number of nitrogens with zero attached hydrogens (tertiary/aromatic N) is 1. The van der Waals surface area contributed by atoms with Crippen LogP contribution in [0.2, 0.25) is 0 Å². The monoisotopic (exact) mass is 384 g/mol. The summed E-state index contributed by atoms with van der Waals surface area (Å²) in [5, 5.41) is 2.93. The third-order valence-corrected chi connectivity index (χ3v) is 4.61. The minimum Gasteiger partial charge on any atom is -0.497 e. The average Bonchev–Trinajstić information content (AvgIpc) is 2.86. The molecule has 0 unspecified atom stereocenters. The van der Waals surface area contributed by atoms with E-state index < -0.39 is 0 Å². The van der Waals surface area contributed by atoms with Gasteiger partial charge in [-0.25, -0.2) is 0 Å². The molecule has 2 aromatic carbocycles. The van der Waals surface area contributed by atoms with Gasteiger partial charge in [0, 0.05) is 5.56 Å². The highest BCUT2D eigenvalue weighted by atomic mass is 16.5. The van der Waals surface area contributed by atoms with Crippen LogP contribution in [-0.2, 0) is 9.59 Å². The Balaban J connectivity index is 1.76. The predicted octanol–water partition coefficient (Wildman–Crippen LogP) is 2.70. The molecule has 1 N–H and O–H groups in total. The zero-order chi connectivity index (χ0) is 20.1. The van der Waals surface area contributed by atoms with Crippen LogP contribution in [0.15, 0.2) is 42.5 Å². The first-order valence-corrected chi connectivity index (χ1v) is 9.07. The highest BCUT2D eigenvalue weighted by Gasteiger charge is 2.26. The Morgan fingerprint density at radius 2 is 2.00 bits per heavy atom. The van der Waals surface area contributed by atoms with Gasteiger partial charge in [-0.15, -0.1) is 0 Å². The number of ether oxygens (including phenoxy) is 3. The van der Waals surface area contributed by atoms with Gasteiger partial charge in [-0.05, 0) is 37.3 Å². The molecule has 0 spiro atoms. The van der Waals surface area contributed by atoms with E-state index in [9.17, 15) is 9.59 Å². The number of carbonyl (C=O) groups excluding carboxylic acids is 2. The summed E-state index contributed by atoms with van der Waals surface area (Å²) in [4.78, 5) is 26.6. The van der Waals surface area contributed by atoms with Crippen LogP contribution >= 0.6 is 0 Å². The van der Waals surface area contributed by atoms with E-state index in [1.54, 1.807) is 38.5 Å². The summed E-state index contributed by atoms with van der Waals surface area (Å²) in [5.41, 5.74) is 1.40. The SMILES string of the molecule is COc1ccc(OC)c([C@@H](C)NC(=O)CN2C(=O)CCOc3ccccc32)c1. The largest absolute Gasteiger partial charge is 0.497 e. The van der Waals surface area contributed by atoms with Crippen molar-refractivity contribution in [3.63, 3.8) is 0 Å². The fraction of sp³-hybridized carbons (Fsp3) is 0.333. The number of fused-ring (bicyclic) bond motifs is 1. The molecule has 0 saturated heterocycles. The van der Waals surface area contributed by atoms with E-state index in [1.165, 1.54) is 4.90 Å². The smallest absolute Gasteiger partial charge is 0.240 e. The second kappa shape index (κ2) is 8.65. The van der Waals surface area contributed by atoms with Crippen LogP contribution in [0.1, 0.15) is 24.9 Å². The molecule has 1 atom stereocenters. The van der Waals surface area contributed by atoms with Crippen molar-refractivity contribution >= 4 is 17.5 Å². The van der Waals surface area contributed by atoms with Crippen LogP contribution in [0, 0.1) is 0 Å². The summed E-state index contributed by atoms with van der Waals surface area (Å²) < 4.78 is 16.3. The van der Waals surface area contributed by atoms with Crippen molar-refractivity contribution in [3.05, 3.63) is 48.0 Å². The lowest BCUT2D eigenvalue weighted by Gasteiger charge is -2.23. The molecule has 148 valence electrons. The van der Waals surface area contributed by atoms with E-state index in [1.807, 2.05) is 25.1 Å². The third-order valence-electron chi connectivity index (χ3n) is 4.61. The Kier molecular flexibility index (Phi) is 6.03. The first-order chi connectivity index (χ1) is 13.5. The van der Waals surface area contributed by atoms with Crippen LogP contribution in [0.25, 0.3) is 0 Å². The fourth-order valence-corrected chi connectivity index (χ4v) is 3.18. The van der Waals surface area contributed by atoms with E-state index in [0.717, 1.165) is 5.56 Å². The van der Waals surface area contributed by atoms with E-state index in [4.69, 9.17) is 14.2 Å². The fourth-order valence-electron chi connectivity index (χ4n) is 3.18. The topological polar surface area (TPSA) is 77.1 Å². The summed E-state index contributed by atoms with van der Waals surface area (Å²) >= 11 is 0. The highest BCUT2D eigenvalue weighted by molar-refractivity contribution is 6.00. The Hall–Kier alpha value is -3.22. The molecule has 7 heteroatoms. The minimum absolute atomic E-state index is 0.0875. The van der Waals surface area contributed by atoms with Crippen LogP contribution in [0.3, 0.4) is 0 Å². The second-order valence-electron chi connectivity index (χ2n) is 6.44. The number of amides is 2. The van der Waals surface area contributed by atoms with Crippen LogP contribution in [0.5, 0.6) is 17.2 Å². The molecule has 0 aromatic heterocycles. The van der Waals surface area contributed by atoms with Crippen molar-refractivity contribution in [3.8, 4) is 17.2 Å². The van der Waals surface area contributed by atoms with Gasteiger partial charge in [0.05, 0.1) is 39.0 Å². The number of hydrogen-bond donors (Lipinski definition) is 1. The molecule has 3 rings (SSSR count). The lowest BCUT2D eigenvalue weighted by Crippen LogP contribution is -2.41. The number of carbonyl (C=O) groups is 2. The standard InChI is InChI=1S/C21H24N2O5/c1-14(16-12-15(26-2)8-9-18(16)27-3)22-20(24)13-23-17-6-4-5-7-19(17)28-11-10-21(23)25/h4-9,12,14H,10-11,13H2,1-3H3,(H,22,24)/t14-/m1/s1. The van der Waals surface area contributed by atoms with E-state index in [0.29, 0.717) is 29.5 Å². The molecule has 1 heterocycles. The van der Waals surface area contributed by atoms with Gasteiger partial charge in [0.2, 0.25) is 11.8 Å². The minimum atomic E-state index is -0.328. The Bertz CT molecular complexity index is 868. The molecule has 2 amide bonds. The molecule has 28 heavy (non-hydrogen) atoms. The number of benzene rings is 2. The van der Waals surface area contributed by atoms with Crippen LogP contribution < -0.4 is 24.4 Å². The lowest BCUT2D eigenvalue weighted by atomic mass is 10.1. The maximum Gasteiger partial charge on any atom is 0.240 e. The Morgan fingerprint density at radius 3 is 2.75 bits per heavy atom. The zero-order valence-corrected chi connectivity index (χ0v) is 16.2. The van der Waals surface area contributed by atoms with Crippen molar-refractivity contribution in [1.82, 2.24) is 5.32 Å². The van der Waals surface area contributed by atoms with Gasteiger partial charge >= 0.3 is 0 Å². The van der Waals surface area contributed by atoms with E-state index in [2.05, 4.69) is 5.32 Å². The van der Waals surface area contributed by atoms with Gasteiger partial charge in [0.15, 0.2) is 0 Å². The first kappa shape index (κ1) is 19.5. The van der Waals surface area contributed by atoms with Crippen molar-refractivity contribution in [2.75, 3.05) is 32.3 Å². The number of methoxy groups -OCH3 is 2. The number of hydrogen-bond acceptors (Lipinski definition) is 5. The highest BCUT2D eigenvalue weighted by Crippen LogP contribution is 2.31. The molecule has 0 bridgehead atoms. The summed E-state index contributed by atoms with van der Waals surface area (Å²) in [6.07, 6.45) is 0.223. The molecule has 0 saturated carbocycles. The van der Waals surface area contributed by atoms with Gasteiger partial charge in [0.1, 0.15) is 23.8 Å². The molecule has 7 nitrogen and oxygen atoms in total. The number of para-hydroxylation sites is 2. The summed E-state index contributed by atoms with van der Waals surface area (Å²) in [7, 11) is 3.16. The summed E-state index contributed by atoms with van der Waals surface area (Å²) in [6, 6.07) is 12.3. The maximum absolute atomic E-state index is 12.7. The van der Waals surface area contributed by atoms with Gasteiger partial charge in [-0.3, -0.25) is 14.5 Å². The average molecular weight is 384 g/mol. The molecular weight excluding hydrogens is 360 g/mol. The Labute approximate surface area is 164 Å². The first-order valence-electron chi connectivity index (χ1n) is 9.07. The second-order valence-corrected chi connectivity index (χ2v) is 6.44. The van der Waals surface area contributed by atoms with E-state index >= 15 is 0 Å². The van der Waals surface area contributed by atoms with Crippen molar-refractivity contribution in [1.29, 1.82) is 0 Å². The van der Waals surface area contributed by atoms with Crippen LogP contribution in [-0.4, -0.2) is 39.2 Å². The van der Waals surface area contributed by atoms with Gasteiger partial charge in [-0.1, -0.05) is 12.1 Å².